The predicted molar refractivity (Wildman–Crippen MR) is 98.7 cm³/mol. The number of likely N-dealkylation sites (tertiary alicyclic amines) is 1. The number of benzene rings is 2. The monoisotopic (exact) mass is 351 g/mol. The van der Waals surface area contributed by atoms with Gasteiger partial charge in [-0.05, 0) is 19.2 Å². The Kier molecular flexibility index (Phi) is 3.54. The number of para-hydroxylation sites is 1. The largest absolute Gasteiger partial charge is 0.466 e. The van der Waals surface area contributed by atoms with Gasteiger partial charge in [0.15, 0.2) is 0 Å². The molecule has 0 N–H and O–H groups in total. The van der Waals surface area contributed by atoms with Crippen LogP contribution in [0.2, 0.25) is 0 Å². The number of nitrogens with zero attached hydrogens (tertiary/aromatic N) is 3. The van der Waals surface area contributed by atoms with Gasteiger partial charge in [0, 0.05) is 43.5 Å². The highest BCUT2D eigenvalue weighted by atomic mass is 19.1. The van der Waals surface area contributed by atoms with Gasteiger partial charge >= 0.3 is 0 Å². The summed E-state index contributed by atoms with van der Waals surface area (Å²) in [6.45, 7) is 1.94. The fraction of sp³-hybridized carbons (Fsp3) is 0.381. The van der Waals surface area contributed by atoms with Crippen molar-refractivity contribution in [1.82, 2.24) is 9.91 Å². The first-order valence-corrected chi connectivity index (χ1v) is 9.24. The van der Waals surface area contributed by atoms with Gasteiger partial charge in [0.1, 0.15) is 11.6 Å². The molecule has 1 unspecified atom stereocenters. The zero-order valence-electron chi connectivity index (χ0n) is 14.9. The van der Waals surface area contributed by atoms with E-state index in [-0.39, 0.29) is 11.9 Å². The van der Waals surface area contributed by atoms with Crippen LogP contribution in [0.5, 0.6) is 5.75 Å². The Balaban J connectivity index is 1.60. The lowest BCUT2D eigenvalue weighted by molar-refractivity contribution is -0.147. The van der Waals surface area contributed by atoms with E-state index < -0.39 is 5.72 Å². The zero-order chi connectivity index (χ0) is 17.7. The molecule has 1 atom stereocenters. The number of rotatable bonds is 1. The van der Waals surface area contributed by atoms with Crippen LogP contribution in [0.1, 0.15) is 36.4 Å². The van der Waals surface area contributed by atoms with Crippen molar-refractivity contribution in [3.63, 3.8) is 0 Å². The molecule has 5 rings (SSSR count). The molecular weight excluding hydrogens is 329 g/mol. The van der Waals surface area contributed by atoms with E-state index >= 15 is 0 Å². The fourth-order valence-electron chi connectivity index (χ4n) is 4.39. The topological polar surface area (TPSA) is 28.1 Å². The van der Waals surface area contributed by atoms with Crippen molar-refractivity contribution in [1.29, 1.82) is 0 Å². The van der Waals surface area contributed by atoms with E-state index in [0.717, 1.165) is 43.0 Å². The van der Waals surface area contributed by atoms with Crippen LogP contribution in [0.25, 0.3) is 0 Å². The van der Waals surface area contributed by atoms with Crippen molar-refractivity contribution in [3.8, 4) is 5.75 Å². The van der Waals surface area contributed by atoms with Crippen LogP contribution in [0.3, 0.4) is 0 Å². The first-order chi connectivity index (χ1) is 12.7. The van der Waals surface area contributed by atoms with Gasteiger partial charge in [-0.3, -0.25) is 0 Å². The highest BCUT2D eigenvalue weighted by Gasteiger charge is 2.51. The molecule has 0 radical (unpaired) electrons. The molecule has 1 fully saturated rings. The van der Waals surface area contributed by atoms with Gasteiger partial charge in [-0.15, -0.1) is 0 Å². The Morgan fingerprint density at radius 1 is 1.08 bits per heavy atom. The molecule has 0 aliphatic carbocycles. The third-order valence-corrected chi connectivity index (χ3v) is 5.86. The molecule has 3 aliphatic rings. The van der Waals surface area contributed by atoms with E-state index in [0.29, 0.717) is 12.0 Å². The normalized spacial score (nSPS) is 24.0. The lowest BCUT2D eigenvalue weighted by atomic mass is 9.91. The highest BCUT2D eigenvalue weighted by molar-refractivity contribution is 6.02. The summed E-state index contributed by atoms with van der Waals surface area (Å²) >= 11 is 0. The molecule has 0 amide bonds. The number of halogens is 1. The van der Waals surface area contributed by atoms with Crippen LogP contribution >= 0.6 is 0 Å². The summed E-state index contributed by atoms with van der Waals surface area (Å²) in [6, 6.07) is 15.2. The summed E-state index contributed by atoms with van der Waals surface area (Å²) in [7, 11) is 2.14. The van der Waals surface area contributed by atoms with E-state index in [4.69, 9.17) is 9.84 Å². The van der Waals surface area contributed by atoms with Crippen LogP contribution < -0.4 is 4.74 Å². The third-order valence-electron chi connectivity index (χ3n) is 5.86. The summed E-state index contributed by atoms with van der Waals surface area (Å²) in [4.78, 5) is 2.32. The number of fused-ring (bicyclic) bond motifs is 4. The second kappa shape index (κ2) is 5.81. The smallest absolute Gasteiger partial charge is 0.200 e. The molecule has 134 valence electrons. The van der Waals surface area contributed by atoms with Crippen molar-refractivity contribution in [3.05, 3.63) is 65.5 Å². The van der Waals surface area contributed by atoms with Crippen LogP contribution in [0, 0.1) is 5.82 Å². The average molecular weight is 351 g/mol. The van der Waals surface area contributed by atoms with E-state index in [2.05, 4.69) is 23.0 Å². The minimum atomic E-state index is -0.432. The predicted octanol–water partition coefficient (Wildman–Crippen LogP) is 3.79. The molecule has 1 saturated heterocycles. The molecule has 4 nitrogen and oxygen atoms in total. The first kappa shape index (κ1) is 15.8. The van der Waals surface area contributed by atoms with Crippen molar-refractivity contribution in [2.75, 3.05) is 20.1 Å². The molecule has 3 heterocycles. The Morgan fingerprint density at radius 2 is 1.81 bits per heavy atom. The van der Waals surface area contributed by atoms with E-state index in [1.54, 1.807) is 6.07 Å². The Morgan fingerprint density at radius 3 is 2.62 bits per heavy atom. The van der Waals surface area contributed by atoms with Gasteiger partial charge in [-0.1, -0.05) is 36.4 Å². The van der Waals surface area contributed by atoms with Gasteiger partial charge in [-0.25, -0.2) is 9.40 Å². The standard InChI is InChI=1S/C21H22FN3O/c1-24-12-10-21(11-13-24)25-19(16-7-3-5-9-20(16)26-21)14-18(23-25)15-6-2-4-8-17(15)22/h2-9,19H,10-14H2,1H3. The third kappa shape index (κ3) is 2.34. The zero-order valence-corrected chi connectivity index (χ0v) is 14.9. The molecule has 3 aliphatic heterocycles. The van der Waals surface area contributed by atoms with Crippen LogP contribution in [-0.2, 0) is 0 Å². The Labute approximate surface area is 152 Å². The molecule has 26 heavy (non-hydrogen) atoms. The number of piperidine rings is 1. The van der Waals surface area contributed by atoms with Gasteiger partial charge < -0.3 is 9.64 Å². The van der Waals surface area contributed by atoms with Crippen molar-refractivity contribution in [2.24, 2.45) is 5.10 Å². The molecule has 2 aromatic carbocycles. The maximum Gasteiger partial charge on any atom is 0.200 e. The number of hydrazone groups is 1. The van der Waals surface area contributed by atoms with Crippen molar-refractivity contribution in [2.45, 2.75) is 31.0 Å². The maximum absolute atomic E-state index is 14.4. The van der Waals surface area contributed by atoms with Gasteiger partial charge in [0.2, 0.25) is 5.72 Å². The van der Waals surface area contributed by atoms with Crippen LogP contribution in [-0.4, -0.2) is 41.5 Å². The molecule has 0 bridgehead atoms. The Bertz CT molecular complexity index is 873. The minimum Gasteiger partial charge on any atom is -0.466 e. The molecular formula is C21H22FN3O. The van der Waals surface area contributed by atoms with Crippen LogP contribution in [0.15, 0.2) is 53.6 Å². The lowest BCUT2D eigenvalue weighted by Gasteiger charge is -2.50. The molecule has 1 spiro atoms. The highest BCUT2D eigenvalue weighted by Crippen LogP contribution is 2.49. The van der Waals surface area contributed by atoms with E-state index in [9.17, 15) is 4.39 Å². The second-order valence-electron chi connectivity index (χ2n) is 7.48. The maximum atomic E-state index is 14.4. The van der Waals surface area contributed by atoms with E-state index in [1.807, 2.05) is 30.3 Å². The van der Waals surface area contributed by atoms with Gasteiger partial charge in [0.25, 0.3) is 0 Å². The number of hydrogen-bond donors (Lipinski definition) is 0. The summed E-state index contributed by atoms with van der Waals surface area (Å²) < 4.78 is 20.9. The quantitative estimate of drug-likeness (QED) is 0.782. The first-order valence-electron chi connectivity index (χ1n) is 9.24. The number of ether oxygens (including phenoxy) is 1. The second-order valence-corrected chi connectivity index (χ2v) is 7.48. The molecule has 5 heteroatoms. The van der Waals surface area contributed by atoms with Crippen molar-refractivity contribution >= 4 is 5.71 Å². The number of hydrogen-bond acceptors (Lipinski definition) is 4. The summed E-state index contributed by atoms with van der Waals surface area (Å²) in [5, 5.41) is 7.04. The molecule has 2 aromatic rings. The van der Waals surface area contributed by atoms with Gasteiger partial charge in [0.05, 0.1) is 11.8 Å². The average Bonchev–Trinajstić information content (AvgIpc) is 3.11. The summed E-state index contributed by atoms with van der Waals surface area (Å²) in [5.41, 5.74) is 2.12. The minimum absolute atomic E-state index is 0.109. The molecule has 0 aromatic heterocycles. The summed E-state index contributed by atoms with van der Waals surface area (Å²) in [5.74, 6) is 0.737. The molecule has 0 saturated carbocycles. The van der Waals surface area contributed by atoms with Crippen molar-refractivity contribution < 1.29 is 9.13 Å². The Hall–Kier alpha value is -2.40. The van der Waals surface area contributed by atoms with Gasteiger partial charge in [-0.2, -0.15) is 5.10 Å². The SMILES string of the molecule is CN1CCC2(CC1)Oc1ccccc1C1CC(c3ccccc3F)=NN12. The van der Waals surface area contributed by atoms with Crippen LogP contribution in [0.4, 0.5) is 4.39 Å². The summed E-state index contributed by atoms with van der Waals surface area (Å²) in [6.07, 6.45) is 2.49. The fourth-order valence-corrected chi connectivity index (χ4v) is 4.39. The lowest BCUT2D eigenvalue weighted by Crippen LogP contribution is -2.58. The van der Waals surface area contributed by atoms with E-state index in [1.165, 1.54) is 6.07 Å².